The fraction of sp³-hybridized carbons (Fsp3) is 0.231. The Labute approximate surface area is 141 Å². The molecule has 4 nitrogen and oxygen atoms in total. The van der Waals surface area contributed by atoms with Gasteiger partial charge in [0, 0.05) is 6.42 Å². The van der Waals surface area contributed by atoms with E-state index in [1.54, 1.807) is 0 Å². The quantitative estimate of drug-likeness (QED) is 0.0708. The lowest BCUT2D eigenvalue weighted by Gasteiger charge is -1.96. The number of ether oxygens (including phenoxy) is 1. The number of halogens is 5. The molecule has 0 heterocycles. The van der Waals surface area contributed by atoms with Crippen LogP contribution in [0.3, 0.4) is 0 Å². The number of esters is 1. The Hall–Kier alpha value is -1.86. The number of benzene rings is 1. The van der Waals surface area contributed by atoms with Crippen molar-refractivity contribution in [3.8, 4) is 12.3 Å². The minimum absolute atomic E-state index is 0.0171. The molecule has 0 fully saturated rings. The minimum atomic E-state index is -6.00. The van der Waals surface area contributed by atoms with Crippen LogP contribution in [0.15, 0.2) is 30.3 Å². The van der Waals surface area contributed by atoms with Gasteiger partial charge in [0.15, 0.2) is 6.42 Å². The van der Waals surface area contributed by atoms with Gasteiger partial charge in [-0.15, -0.1) is 17.1 Å². The Morgan fingerprint density at radius 1 is 1.30 bits per heavy atom. The van der Waals surface area contributed by atoms with Crippen molar-refractivity contribution in [2.75, 3.05) is 6.61 Å². The first-order valence-electron chi connectivity index (χ1n) is 6.13. The van der Waals surface area contributed by atoms with E-state index in [-0.39, 0.29) is 13.0 Å². The summed E-state index contributed by atoms with van der Waals surface area (Å²) >= 11 is -0.634. The summed E-state index contributed by atoms with van der Waals surface area (Å²) in [6.07, 6.45) is 5.46. The smallest absolute Gasteiger partial charge is 0.464 e. The Balaban J connectivity index is 0.000000841. The van der Waals surface area contributed by atoms with Gasteiger partial charge >= 0.3 is 38.1 Å². The van der Waals surface area contributed by atoms with Gasteiger partial charge in [0.05, 0.1) is 0 Å². The van der Waals surface area contributed by atoms with Crippen molar-refractivity contribution in [1.29, 1.82) is 0 Å². The molecular formula is C13H12BF4IN2O2. The van der Waals surface area contributed by atoms with Gasteiger partial charge in [-0.25, -0.2) is 0 Å². The summed E-state index contributed by atoms with van der Waals surface area (Å²) in [4.78, 5) is 14.6. The molecule has 0 unspecified atom stereocenters. The fourth-order valence-electron chi connectivity index (χ4n) is 1.09. The van der Waals surface area contributed by atoms with E-state index in [1.165, 1.54) is 0 Å². The first-order chi connectivity index (χ1) is 10.8. The van der Waals surface area contributed by atoms with Gasteiger partial charge in [-0.3, -0.25) is 4.79 Å². The molecule has 0 saturated heterocycles. The zero-order valence-electron chi connectivity index (χ0n) is 11.8. The molecule has 124 valence electrons. The van der Waals surface area contributed by atoms with Gasteiger partial charge in [0.2, 0.25) is 3.57 Å². The maximum atomic E-state index is 11.4. The lowest BCUT2D eigenvalue weighted by atomic mass is 10.3. The zero-order valence-corrected chi connectivity index (χ0v) is 13.9. The van der Waals surface area contributed by atoms with Crippen LogP contribution in [0, 0.1) is 15.9 Å². The van der Waals surface area contributed by atoms with Gasteiger partial charge in [-0.1, -0.05) is 18.2 Å². The number of terminal acetylenes is 1. The van der Waals surface area contributed by atoms with Crippen LogP contribution in [0.1, 0.15) is 12.8 Å². The second-order valence-electron chi connectivity index (χ2n) is 3.71. The Morgan fingerprint density at radius 2 is 1.87 bits per heavy atom. The first-order valence-corrected chi connectivity index (χ1v) is 8.29. The highest BCUT2D eigenvalue weighted by Gasteiger charge is 2.32. The Kier molecular flexibility index (Phi) is 10.7. The first kappa shape index (κ1) is 21.1. The van der Waals surface area contributed by atoms with Crippen molar-refractivity contribution >= 4 is 16.9 Å². The number of nitrogens with zero attached hydrogens (tertiary/aromatic N) is 2. The summed E-state index contributed by atoms with van der Waals surface area (Å²) in [5.74, 6) is 1.97. The molecule has 0 N–H and O–H groups in total. The van der Waals surface area contributed by atoms with Gasteiger partial charge < -0.3 is 27.5 Å². The average molecular weight is 442 g/mol. The molecule has 0 atom stereocenters. The third kappa shape index (κ3) is 14.8. The molecule has 1 aromatic carbocycles. The van der Waals surface area contributed by atoms with Crippen LogP contribution in [-0.4, -0.2) is 28.3 Å². The summed E-state index contributed by atoms with van der Waals surface area (Å²) in [5.41, 5.74) is 8.88. The zero-order chi connectivity index (χ0) is 17.7. The highest BCUT2D eigenvalue weighted by atomic mass is 127. The summed E-state index contributed by atoms with van der Waals surface area (Å²) in [6.45, 7) is 0.206. The summed E-state index contributed by atoms with van der Waals surface area (Å²) < 4.78 is 45.5. The van der Waals surface area contributed by atoms with Crippen LogP contribution in [-0.2, 0) is 9.53 Å². The third-order valence-electron chi connectivity index (χ3n) is 1.86. The molecular weight excluding hydrogens is 430 g/mol. The molecule has 0 aromatic heterocycles. The van der Waals surface area contributed by atoms with Gasteiger partial charge in [0.1, 0.15) is 6.61 Å². The fourth-order valence-corrected chi connectivity index (χ4v) is 3.19. The van der Waals surface area contributed by atoms with Gasteiger partial charge in [-0.05, 0) is 12.1 Å². The van der Waals surface area contributed by atoms with E-state index in [1.807, 2.05) is 30.3 Å². The van der Waals surface area contributed by atoms with Crippen molar-refractivity contribution in [2.24, 2.45) is 0 Å². The Morgan fingerprint density at radius 3 is 2.35 bits per heavy atom. The predicted octanol–water partition coefficient (Wildman–Crippen LogP) is -0.170. The topological polar surface area (TPSA) is 62.7 Å². The molecule has 0 aliphatic heterocycles. The van der Waals surface area contributed by atoms with E-state index in [0.717, 1.165) is 3.57 Å². The maximum absolute atomic E-state index is 11.4. The molecule has 0 bridgehead atoms. The highest BCUT2D eigenvalue weighted by Crippen LogP contribution is 2.06. The SMILES string of the molecule is C#CCCOC(=O)CC(=[N+]=[N-])[I+]c1ccccc1.F[B-](F)(F)F. The van der Waals surface area contributed by atoms with Crippen molar-refractivity contribution < 1.29 is 52.8 Å². The molecule has 1 rings (SSSR count). The van der Waals surface area contributed by atoms with E-state index in [9.17, 15) is 22.1 Å². The van der Waals surface area contributed by atoms with Crippen molar-refractivity contribution in [3.05, 3.63) is 39.4 Å². The second-order valence-corrected chi connectivity index (χ2v) is 6.74. The minimum Gasteiger partial charge on any atom is -0.464 e. The molecule has 0 amide bonds. The largest absolute Gasteiger partial charge is 0.673 e. The van der Waals surface area contributed by atoms with Gasteiger partial charge in [-0.2, -0.15) is 0 Å². The number of rotatable bonds is 6. The normalized spacial score (nSPS) is 9.70. The van der Waals surface area contributed by atoms with Crippen LogP contribution in [0.5, 0.6) is 0 Å². The summed E-state index contributed by atoms with van der Waals surface area (Å²) in [6, 6.07) is 9.63. The average Bonchev–Trinajstić information content (AvgIpc) is 2.46. The lowest BCUT2D eigenvalue weighted by Crippen LogP contribution is -3.64. The number of hydrogen-bond acceptors (Lipinski definition) is 2. The number of carbonyl (C=O) groups is 1. The number of carbonyl (C=O) groups excluding carboxylic acids is 1. The van der Waals surface area contributed by atoms with E-state index < -0.39 is 34.4 Å². The van der Waals surface area contributed by atoms with Crippen molar-refractivity contribution in [1.82, 2.24) is 0 Å². The van der Waals surface area contributed by atoms with E-state index >= 15 is 0 Å². The van der Waals surface area contributed by atoms with Crippen LogP contribution in [0.2, 0.25) is 0 Å². The summed E-state index contributed by atoms with van der Waals surface area (Å²) in [7, 11) is -6.00. The maximum Gasteiger partial charge on any atom is 0.673 e. The van der Waals surface area contributed by atoms with Crippen LogP contribution in [0.25, 0.3) is 5.53 Å². The molecule has 0 spiro atoms. The van der Waals surface area contributed by atoms with E-state index in [0.29, 0.717) is 10.1 Å². The molecule has 23 heavy (non-hydrogen) atoms. The Bertz CT molecular complexity index is 578. The highest BCUT2D eigenvalue weighted by molar-refractivity contribution is 6.50. The van der Waals surface area contributed by atoms with Gasteiger partial charge in [0.25, 0.3) is 0 Å². The van der Waals surface area contributed by atoms with E-state index in [2.05, 4.69) is 10.7 Å². The molecule has 0 radical (unpaired) electrons. The predicted molar refractivity (Wildman–Crippen MR) is 73.0 cm³/mol. The van der Waals surface area contributed by atoms with Crippen molar-refractivity contribution in [2.45, 2.75) is 12.8 Å². The van der Waals surface area contributed by atoms with Crippen LogP contribution < -0.4 is 21.2 Å². The number of hydrogen-bond donors (Lipinski definition) is 0. The molecule has 1 aromatic rings. The second kappa shape index (κ2) is 11.7. The lowest BCUT2D eigenvalue weighted by molar-refractivity contribution is -0.531. The monoisotopic (exact) mass is 442 g/mol. The van der Waals surface area contributed by atoms with Crippen LogP contribution >= 0.6 is 0 Å². The molecule has 0 aliphatic carbocycles. The van der Waals surface area contributed by atoms with Crippen LogP contribution in [0.4, 0.5) is 17.3 Å². The third-order valence-corrected chi connectivity index (χ3v) is 4.42. The molecule has 0 aliphatic rings. The summed E-state index contributed by atoms with van der Waals surface area (Å²) in [5, 5.41) is 0. The standard InChI is InChI=1S/C13H12IN2O2.BF4/c1-2-3-9-18-13(17)10-12(16-15)14-11-7-5-4-6-8-11;2-1(3,4)5/h1,4-8H,3,9-10H2;/q+1;-1. The molecule has 0 saturated carbocycles. The van der Waals surface area contributed by atoms with E-state index in [4.69, 9.17) is 16.7 Å². The molecule has 10 heteroatoms. The van der Waals surface area contributed by atoms with Crippen molar-refractivity contribution in [3.63, 3.8) is 0 Å².